The fourth-order valence-electron chi connectivity index (χ4n) is 5.27. The zero-order valence-corrected chi connectivity index (χ0v) is 26.0. The Morgan fingerprint density at radius 3 is 2.07 bits per heavy atom. The van der Waals surface area contributed by atoms with Gasteiger partial charge in [0, 0.05) is 54.8 Å². The van der Waals surface area contributed by atoms with Crippen molar-refractivity contribution < 1.29 is 19.1 Å². The Bertz CT molecular complexity index is 1340. The molecular weight excluding hydrogens is 550 g/mol. The van der Waals surface area contributed by atoms with Crippen LogP contribution in [0, 0.1) is 5.41 Å². The van der Waals surface area contributed by atoms with Gasteiger partial charge in [0.2, 0.25) is 5.91 Å². The molecule has 2 amide bonds. The zero-order valence-electron chi connectivity index (χ0n) is 25.3. The van der Waals surface area contributed by atoms with Crippen LogP contribution in [0.25, 0.3) is 0 Å². The Morgan fingerprint density at radius 2 is 1.48 bits per heavy atom. The van der Waals surface area contributed by atoms with Crippen LogP contribution in [-0.2, 0) is 24.4 Å². The summed E-state index contributed by atoms with van der Waals surface area (Å²) >= 11 is 6.04. The first-order chi connectivity index (χ1) is 20.1. The number of carbonyl (C=O) groups excluding carboxylic acids is 2. The average Bonchev–Trinajstić information content (AvgIpc) is 2.99. The summed E-state index contributed by atoms with van der Waals surface area (Å²) < 4.78 is 10.6. The zero-order chi connectivity index (χ0) is 30.3. The number of likely N-dealkylation sites (tertiary alicyclic amines) is 1. The van der Waals surface area contributed by atoms with Crippen LogP contribution in [0.1, 0.15) is 60.7 Å². The fraction of sp³-hybridized carbons (Fsp3) is 0.412. The molecule has 0 aromatic heterocycles. The summed E-state index contributed by atoms with van der Waals surface area (Å²) in [4.78, 5) is 30.9. The van der Waals surface area contributed by atoms with Gasteiger partial charge in [-0.1, -0.05) is 62.7 Å². The number of nitrogens with zero attached hydrogens (tertiary/aromatic N) is 2. The van der Waals surface area contributed by atoms with E-state index < -0.39 is 5.41 Å². The van der Waals surface area contributed by atoms with Crippen molar-refractivity contribution in [1.82, 2.24) is 15.1 Å². The minimum absolute atomic E-state index is 0.149. The lowest BCUT2D eigenvalue weighted by Gasteiger charge is -2.41. The highest BCUT2D eigenvalue weighted by Crippen LogP contribution is 2.28. The van der Waals surface area contributed by atoms with E-state index in [1.54, 1.807) is 14.2 Å². The van der Waals surface area contributed by atoms with Crippen LogP contribution in [0.15, 0.2) is 66.7 Å². The Hall–Kier alpha value is -3.55. The lowest BCUT2D eigenvalue weighted by atomic mass is 9.91. The Labute approximate surface area is 254 Å². The van der Waals surface area contributed by atoms with E-state index in [1.165, 1.54) is 5.56 Å². The number of hydrogen-bond donors (Lipinski definition) is 1. The number of rotatable bonds is 10. The van der Waals surface area contributed by atoms with Gasteiger partial charge in [-0.25, -0.2) is 0 Å². The summed E-state index contributed by atoms with van der Waals surface area (Å²) in [7, 11) is 3.18. The van der Waals surface area contributed by atoms with Gasteiger partial charge in [-0.05, 0) is 65.9 Å². The van der Waals surface area contributed by atoms with Gasteiger partial charge in [0.25, 0.3) is 5.91 Å². The van der Waals surface area contributed by atoms with Crippen molar-refractivity contribution in [3.63, 3.8) is 0 Å². The Kier molecular flexibility index (Phi) is 10.5. The molecule has 1 heterocycles. The van der Waals surface area contributed by atoms with Crippen LogP contribution < -0.4 is 14.8 Å². The first-order valence-electron chi connectivity index (χ1n) is 14.4. The van der Waals surface area contributed by atoms with Crippen LogP contribution in [-0.4, -0.2) is 55.0 Å². The summed E-state index contributed by atoms with van der Waals surface area (Å²) in [6.07, 6.45) is 1.85. The highest BCUT2D eigenvalue weighted by molar-refractivity contribution is 6.30. The van der Waals surface area contributed by atoms with Crippen LogP contribution in [0.5, 0.6) is 11.5 Å². The molecule has 42 heavy (non-hydrogen) atoms. The topological polar surface area (TPSA) is 71.1 Å². The number of amides is 2. The van der Waals surface area contributed by atoms with Crippen LogP contribution >= 0.6 is 11.6 Å². The third-order valence-electron chi connectivity index (χ3n) is 7.69. The molecule has 0 radical (unpaired) electrons. The number of piperidine rings is 1. The Balaban J connectivity index is 1.37. The maximum Gasteiger partial charge on any atom is 0.251 e. The molecule has 0 bridgehead atoms. The van der Waals surface area contributed by atoms with Gasteiger partial charge in [0.1, 0.15) is 0 Å². The van der Waals surface area contributed by atoms with Crippen molar-refractivity contribution in [3.05, 3.63) is 94.0 Å². The molecule has 1 saturated heterocycles. The van der Waals surface area contributed by atoms with Gasteiger partial charge in [0.15, 0.2) is 11.5 Å². The second-order valence-corrected chi connectivity index (χ2v) is 12.3. The number of nitrogens with one attached hydrogen (secondary N) is 1. The lowest BCUT2D eigenvalue weighted by molar-refractivity contribution is -0.143. The largest absolute Gasteiger partial charge is 0.493 e. The molecule has 0 spiro atoms. The summed E-state index contributed by atoms with van der Waals surface area (Å²) in [6, 6.07) is 21.3. The van der Waals surface area contributed by atoms with E-state index in [0.717, 1.165) is 48.6 Å². The van der Waals surface area contributed by atoms with Gasteiger partial charge in [-0.2, -0.15) is 0 Å². The predicted molar refractivity (Wildman–Crippen MR) is 167 cm³/mol. The number of methoxy groups -OCH3 is 2. The average molecular weight is 592 g/mol. The normalized spacial score (nSPS) is 14.3. The van der Waals surface area contributed by atoms with E-state index in [2.05, 4.69) is 22.3 Å². The molecule has 3 aromatic rings. The van der Waals surface area contributed by atoms with E-state index in [-0.39, 0.29) is 17.9 Å². The fourth-order valence-corrected chi connectivity index (χ4v) is 5.39. The van der Waals surface area contributed by atoms with Gasteiger partial charge in [-0.15, -0.1) is 0 Å². The second kappa shape index (κ2) is 14.1. The molecule has 1 aliphatic rings. The van der Waals surface area contributed by atoms with Crippen LogP contribution in [0.3, 0.4) is 0 Å². The molecule has 224 valence electrons. The molecule has 8 heteroatoms. The van der Waals surface area contributed by atoms with Crippen molar-refractivity contribution in [2.75, 3.05) is 27.3 Å². The number of benzene rings is 3. The molecule has 1 aliphatic heterocycles. The first kappa shape index (κ1) is 31.4. The minimum atomic E-state index is -0.482. The van der Waals surface area contributed by atoms with E-state index in [9.17, 15) is 9.59 Å². The maximum absolute atomic E-state index is 13.6. The van der Waals surface area contributed by atoms with Gasteiger partial charge >= 0.3 is 0 Å². The molecule has 1 fully saturated rings. The summed E-state index contributed by atoms with van der Waals surface area (Å²) in [5.74, 6) is 1.25. The lowest BCUT2D eigenvalue weighted by Crippen LogP contribution is -2.50. The van der Waals surface area contributed by atoms with Crippen LogP contribution in [0.2, 0.25) is 5.02 Å². The van der Waals surface area contributed by atoms with Gasteiger partial charge in [-0.3, -0.25) is 14.5 Å². The smallest absolute Gasteiger partial charge is 0.251 e. The molecule has 0 atom stereocenters. The number of halogens is 1. The number of ether oxygens (including phenoxy) is 2. The molecule has 3 aromatic carbocycles. The summed E-state index contributed by atoms with van der Waals surface area (Å²) in [5, 5.41) is 3.71. The molecule has 0 unspecified atom stereocenters. The number of hydrogen-bond acceptors (Lipinski definition) is 5. The standard InChI is InChI=1S/C34H42ClN3O4/c1-34(2,3)33(40)38(29-16-18-37(19-17-29)22-24-8-13-28(35)14-9-24)23-25-6-11-27(12-7-25)32(39)36-21-26-10-15-30(41-4)31(20-26)42-5/h6-15,20,29H,16-19,21-23H2,1-5H3,(H,36,39). The number of carbonyl (C=O) groups is 2. The predicted octanol–water partition coefficient (Wildman–Crippen LogP) is 6.33. The summed E-state index contributed by atoms with van der Waals surface area (Å²) in [5.41, 5.74) is 3.25. The molecule has 0 aliphatic carbocycles. The summed E-state index contributed by atoms with van der Waals surface area (Å²) in [6.45, 7) is 9.56. The molecular formula is C34H42ClN3O4. The van der Waals surface area contributed by atoms with Crippen molar-refractivity contribution in [3.8, 4) is 11.5 Å². The highest BCUT2D eigenvalue weighted by atomic mass is 35.5. The first-order valence-corrected chi connectivity index (χ1v) is 14.8. The third-order valence-corrected chi connectivity index (χ3v) is 7.94. The minimum Gasteiger partial charge on any atom is -0.493 e. The van der Waals surface area contributed by atoms with Crippen molar-refractivity contribution in [2.24, 2.45) is 5.41 Å². The maximum atomic E-state index is 13.6. The molecule has 7 nitrogen and oxygen atoms in total. The Morgan fingerprint density at radius 1 is 0.881 bits per heavy atom. The highest BCUT2D eigenvalue weighted by Gasteiger charge is 2.34. The molecule has 0 saturated carbocycles. The van der Waals surface area contributed by atoms with E-state index in [0.29, 0.717) is 30.2 Å². The molecule has 4 rings (SSSR count). The van der Waals surface area contributed by atoms with E-state index in [1.807, 2.05) is 80.3 Å². The van der Waals surface area contributed by atoms with Gasteiger partial charge in [0.05, 0.1) is 14.2 Å². The second-order valence-electron chi connectivity index (χ2n) is 11.9. The van der Waals surface area contributed by atoms with Crippen molar-refractivity contribution in [1.29, 1.82) is 0 Å². The van der Waals surface area contributed by atoms with Crippen LogP contribution in [0.4, 0.5) is 0 Å². The van der Waals surface area contributed by atoms with Gasteiger partial charge < -0.3 is 19.7 Å². The third kappa shape index (κ3) is 8.26. The van der Waals surface area contributed by atoms with Crippen molar-refractivity contribution in [2.45, 2.75) is 59.3 Å². The van der Waals surface area contributed by atoms with Crippen molar-refractivity contribution >= 4 is 23.4 Å². The van der Waals surface area contributed by atoms with E-state index >= 15 is 0 Å². The van der Waals surface area contributed by atoms with E-state index in [4.69, 9.17) is 21.1 Å². The molecule has 1 N–H and O–H groups in total. The SMILES string of the molecule is COc1ccc(CNC(=O)c2ccc(CN(C(=O)C(C)(C)C)C3CCN(Cc4ccc(Cl)cc4)CC3)cc2)cc1OC. The monoisotopic (exact) mass is 591 g/mol. The quantitative estimate of drug-likeness (QED) is 0.298.